The first-order valence-electron chi connectivity index (χ1n) is 10.0. The van der Waals surface area contributed by atoms with E-state index in [0.29, 0.717) is 12.5 Å². The standard InChI is InChI=1S/C19H33N3O2/c23-18(21-11-5-6-12-21)16-20-10-7-13-22(15-14-20)19(24)17-8-3-1-2-4-9-17/h17H,1-16H2. The van der Waals surface area contributed by atoms with Crippen molar-refractivity contribution in [3.63, 3.8) is 0 Å². The van der Waals surface area contributed by atoms with Crippen LogP contribution in [0.1, 0.15) is 57.8 Å². The van der Waals surface area contributed by atoms with Crippen molar-refractivity contribution in [1.82, 2.24) is 14.7 Å². The van der Waals surface area contributed by atoms with Gasteiger partial charge in [0.25, 0.3) is 0 Å². The van der Waals surface area contributed by atoms with Gasteiger partial charge in [-0.1, -0.05) is 25.7 Å². The van der Waals surface area contributed by atoms with E-state index in [1.807, 2.05) is 4.90 Å². The van der Waals surface area contributed by atoms with Crippen LogP contribution in [0.2, 0.25) is 0 Å². The molecule has 0 N–H and O–H groups in total. The van der Waals surface area contributed by atoms with E-state index >= 15 is 0 Å². The fraction of sp³-hybridized carbons (Fsp3) is 0.895. The molecule has 2 aliphatic heterocycles. The van der Waals surface area contributed by atoms with Crippen molar-refractivity contribution in [1.29, 1.82) is 0 Å². The van der Waals surface area contributed by atoms with Crippen molar-refractivity contribution in [2.24, 2.45) is 5.92 Å². The van der Waals surface area contributed by atoms with Gasteiger partial charge in [0.05, 0.1) is 6.54 Å². The Morgan fingerprint density at radius 2 is 1.33 bits per heavy atom. The molecule has 0 aromatic heterocycles. The number of rotatable bonds is 3. The zero-order chi connectivity index (χ0) is 16.8. The summed E-state index contributed by atoms with van der Waals surface area (Å²) in [5.41, 5.74) is 0. The minimum Gasteiger partial charge on any atom is -0.342 e. The third-order valence-corrected chi connectivity index (χ3v) is 5.92. The van der Waals surface area contributed by atoms with Gasteiger partial charge in [0.1, 0.15) is 0 Å². The molecule has 5 nitrogen and oxygen atoms in total. The number of hydrogen-bond acceptors (Lipinski definition) is 3. The molecule has 3 rings (SSSR count). The molecule has 24 heavy (non-hydrogen) atoms. The van der Waals surface area contributed by atoms with Gasteiger partial charge in [-0.15, -0.1) is 0 Å². The van der Waals surface area contributed by atoms with Gasteiger partial charge in [-0.25, -0.2) is 0 Å². The Morgan fingerprint density at radius 1 is 0.667 bits per heavy atom. The number of carbonyl (C=O) groups excluding carboxylic acids is 2. The lowest BCUT2D eigenvalue weighted by molar-refractivity contribution is -0.135. The van der Waals surface area contributed by atoms with Gasteiger partial charge in [0, 0.05) is 45.2 Å². The van der Waals surface area contributed by atoms with E-state index in [9.17, 15) is 9.59 Å². The number of likely N-dealkylation sites (tertiary alicyclic amines) is 1. The summed E-state index contributed by atoms with van der Waals surface area (Å²) in [4.78, 5) is 31.5. The van der Waals surface area contributed by atoms with Crippen molar-refractivity contribution in [3.05, 3.63) is 0 Å². The maximum atomic E-state index is 12.8. The van der Waals surface area contributed by atoms with E-state index < -0.39 is 0 Å². The van der Waals surface area contributed by atoms with Gasteiger partial charge in [0.2, 0.25) is 11.8 Å². The van der Waals surface area contributed by atoms with Crippen molar-refractivity contribution < 1.29 is 9.59 Å². The Labute approximate surface area is 146 Å². The second-order valence-corrected chi connectivity index (χ2v) is 7.73. The highest BCUT2D eigenvalue weighted by atomic mass is 16.2. The van der Waals surface area contributed by atoms with Crippen molar-refractivity contribution in [2.75, 3.05) is 45.8 Å². The van der Waals surface area contributed by atoms with Crippen LogP contribution in [0.4, 0.5) is 0 Å². The average Bonchev–Trinajstić information content (AvgIpc) is 2.85. The fourth-order valence-electron chi connectivity index (χ4n) is 4.39. The minimum absolute atomic E-state index is 0.255. The maximum absolute atomic E-state index is 12.8. The average molecular weight is 335 g/mol. The first-order chi connectivity index (χ1) is 11.7. The highest BCUT2D eigenvalue weighted by Crippen LogP contribution is 2.25. The Balaban J connectivity index is 1.47. The molecule has 0 bridgehead atoms. The van der Waals surface area contributed by atoms with E-state index in [-0.39, 0.29) is 11.8 Å². The summed E-state index contributed by atoms with van der Waals surface area (Å²) in [6.07, 6.45) is 10.4. The smallest absolute Gasteiger partial charge is 0.236 e. The molecule has 2 amide bonds. The molecule has 3 aliphatic rings. The first-order valence-corrected chi connectivity index (χ1v) is 10.0. The molecule has 0 aromatic rings. The summed E-state index contributed by atoms with van der Waals surface area (Å²) in [7, 11) is 0. The van der Waals surface area contributed by atoms with Crippen LogP contribution in [-0.2, 0) is 9.59 Å². The molecule has 1 aliphatic carbocycles. The van der Waals surface area contributed by atoms with Crippen LogP contribution in [0.25, 0.3) is 0 Å². The van der Waals surface area contributed by atoms with Crippen LogP contribution in [0.3, 0.4) is 0 Å². The highest BCUT2D eigenvalue weighted by Gasteiger charge is 2.28. The van der Waals surface area contributed by atoms with Gasteiger partial charge in [-0.05, 0) is 32.1 Å². The van der Waals surface area contributed by atoms with Gasteiger partial charge in [0.15, 0.2) is 0 Å². The molecule has 0 radical (unpaired) electrons. The SMILES string of the molecule is O=C(CN1CCCN(C(=O)C2CCCCCC2)CC1)N1CCCC1. The Bertz CT molecular complexity index is 426. The number of amides is 2. The second kappa shape index (κ2) is 8.84. The number of carbonyl (C=O) groups is 2. The van der Waals surface area contributed by atoms with E-state index in [4.69, 9.17) is 0 Å². The molecular weight excluding hydrogens is 302 g/mol. The lowest BCUT2D eigenvalue weighted by atomic mass is 9.98. The lowest BCUT2D eigenvalue weighted by Crippen LogP contribution is -2.42. The van der Waals surface area contributed by atoms with Crippen molar-refractivity contribution >= 4 is 11.8 Å². The molecule has 0 aromatic carbocycles. The topological polar surface area (TPSA) is 43.9 Å². The molecule has 3 fully saturated rings. The van der Waals surface area contributed by atoms with Crippen LogP contribution in [0.5, 0.6) is 0 Å². The fourth-order valence-corrected chi connectivity index (χ4v) is 4.39. The van der Waals surface area contributed by atoms with E-state index in [1.165, 1.54) is 25.7 Å². The molecule has 2 heterocycles. The summed E-state index contributed by atoms with van der Waals surface area (Å²) in [6, 6.07) is 0. The van der Waals surface area contributed by atoms with Crippen LogP contribution in [-0.4, -0.2) is 72.3 Å². The molecule has 5 heteroatoms. The van der Waals surface area contributed by atoms with Crippen LogP contribution in [0.15, 0.2) is 0 Å². The van der Waals surface area contributed by atoms with Gasteiger partial charge in [-0.2, -0.15) is 0 Å². The quantitative estimate of drug-likeness (QED) is 0.742. The summed E-state index contributed by atoms with van der Waals surface area (Å²) < 4.78 is 0. The molecule has 0 unspecified atom stereocenters. The lowest BCUT2D eigenvalue weighted by Gasteiger charge is -2.26. The Kier molecular flexibility index (Phi) is 6.52. The van der Waals surface area contributed by atoms with E-state index in [0.717, 1.165) is 71.4 Å². The van der Waals surface area contributed by atoms with E-state index in [1.54, 1.807) is 0 Å². The third-order valence-electron chi connectivity index (χ3n) is 5.92. The van der Waals surface area contributed by atoms with Crippen LogP contribution >= 0.6 is 0 Å². The largest absolute Gasteiger partial charge is 0.342 e. The Morgan fingerprint density at radius 3 is 2.04 bits per heavy atom. The zero-order valence-corrected chi connectivity index (χ0v) is 15.0. The summed E-state index contributed by atoms with van der Waals surface area (Å²) >= 11 is 0. The van der Waals surface area contributed by atoms with Gasteiger partial charge >= 0.3 is 0 Å². The summed E-state index contributed by atoms with van der Waals surface area (Å²) in [5.74, 6) is 0.908. The molecule has 0 spiro atoms. The number of nitrogens with zero attached hydrogens (tertiary/aromatic N) is 3. The van der Waals surface area contributed by atoms with Crippen LogP contribution < -0.4 is 0 Å². The Hall–Kier alpha value is -1.10. The molecular formula is C19H33N3O2. The highest BCUT2D eigenvalue weighted by molar-refractivity contribution is 5.79. The minimum atomic E-state index is 0.255. The predicted octanol–water partition coefficient (Wildman–Crippen LogP) is 2.11. The monoisotopic (exact) mass is 335 g/mol. The molecule has 1 saturated carbocycles. The molecule has 136 valence electrons. The zero-order valence-electron chi connectivity index (χ0n) is 15.0. The summed E-state index contributed by atoms with van der Waals surface area (Å²) in [5, 5.41) is 0. The molecule has 2 saturated heterocycles. The normalized spacial score (nSPS) is 24.7. The van der Waals surface area contributed by atoms with Crippen molar-refractivity contribution in [2.45, 2.75) is 57.8 Å². The van der Waals surface area contributed by atoms with Crippen molar-refractivity contribution in [3.8, 4) is 0 Å². The third kappa shape index (κ3) is 4.71. The van der Waals surface area contributed by atoms with E-state index in [2.05, 4.69) is 9.80 Å². The second-order valence-electron chi connectivity index (χ2n) is 7.73. The van der Waals surface area contributed by atoms with Gasteiger partial charge < -0.3 is 9.80 Å². The first kappa shape index (κ1) is 17.7. The number of hydrogen-bond donors (Lipinski definition) is 0. The predicted molar refractivity (Wildman–Crippen MR) is 94.6 cm³/mol. The van der Waals surface area contributed by atoms with Gasteiger partial charge in [-0.3, -0.25) is 14.5 Å². The maximum Gasteiger partial charge on any atom is 0.236 e. The molecule has 0 atom stereocenters. The summed E-state index contributed by atoms with van der Waals surface area (Å²) in [6.45, 7) is 5.84. The van der Waals surface area contributed by atoms with Crippen LogP contribution in [0, 0.1) is 5.92 Å².